The molecular formula is C7H7BrN2O2. The standard InChI is InChI=1S/C7H7BrN2O2/c8-5-3-10-4(1-6(5)9)2-7(11)12/h1,3H,2H2,(H2,9,10)(H,11,12). The Morgan fingerprint density at radius 1 is 1.75 bits per heavy atom. The van der Waals surface area contributed by atoms with Crippen LogP contribution < -0.4 is 5.73 Å². The number of anilines is 1. The number of aliphatic carboxylic acids is 1. The van der Waals surface area contributed by atoms with Crippen LogP contribution in [0.3, 0.4) is 0 Å². The van der Waals surface area contributed by atoms with Crippen LogP contribution in [0.2, 0.25) is 0 Å². The van der Waals surface area contributed by atoms with Crippen LogP contribution in [-0.2, 0) is 11.2 Å². The Kier molecular flexibility index (Phi) is 2.65. The Labute approximate surface area is 77.5 Å². The highest BCUT2D eigenvalue weighted by atomic mass is 79.9. The Balaban J connectivity index is 2.89. The lowest BCUT2D eigenvalue weighted by Gasteiger charge is -1.99. The summed E-state index contributed by atoms with van der Waals surface area (Å²) in [7, 11) is 0. The van der Waals surface area contributed by atoms with E-state index in [2.05, 4.69) is 20.9 Å². The van der Waals surface area contributed by atoms with Crippen LogP contribution in [0.15, 0.2) is 16.7 Å². The summed E-state index contributed by atoms with van der Waals surface area (Å²) in [6.07, 6.45) is 1.39. The molecule has 0 unspecified atom stereocenters. The van der Waals surface area contributed by atoms with E-state index >= 15 is 0 Å². The molecule has 3 N–H and O–H groups in total. The van der Waals surface area contributed by atoms with E-state index in [1.54, 1.807) is 0 Å². The van der Waals surface area contributed by atoms with Crippen LogP contribution in [0.4, 0.5) is 5.69 Å². The third kappa shape index (κ3) is 2.20. The summed E-state index contributed by atoms with van der Waals surface area (Å²) in [5.74, 6) is -0.913. The highest BCUT2D eigenvalue weighted by Gasteiger charge is 2.03. The van der Waals surface area contributed by atoms with Crippen molar-refractivity contribution in [3.8, 4) is 0 Å². The van der Waals surface area contributed by atoms with Gasteiger partial charge in [0, 0.05) is 11.9 Å². The highest BCUT2D eigenvalue weighted by molar-refractivity contribution is 9.10. The van der Waals surface area contributed by atoms with Gasteiger partial charge in [-0.05, 0) is 22.0 Å². The van der Waals surface area contributed by atoms with Crippen LogP contribution in [0.25, 0.3) is 0 Å². The molecule has 0 bridgehead atoms. The van der Waals surface area contributed by atoms with Gasteiger partial charge in [-0.25, -0.2) is 0 Å². The zero-order chi connectivity index (χ0) is 9.14. The minimum absolute atomic E-state index is 0.0997. The molecule has 0 fully saturated rings. The topological polar surface area (TPSA) is 76.2 Å². The quantitative estimate of drug-likeness (QED) is 0.797. The van der Waals surface area contributed by atoms with Crippen molar-refractivity contribution in [1.29, 1.82) is 0 Å². The zero-order valence-corrected chi connectivity index (χ0v) is 7.71. The monoisotopic (exact) mass is 230 g/mol. The molecule has 0 spiro atoms. The van der Waals surface area contributed by atoms with E-state index in [0.29, 0.717) is 15.9 Å². The zero-order valence-electron chi connectivity index (χ0n) is 6.12. The molecule has 1 rings (SSSR count). The van der Waals surface area contributed by atoms with Crippen molar-refractivity contribution < 1.29 is 9.90 Å². The van der Waals surface area contributed by atoms with E-state index in [0.717, 1.165) is 0 Å². The Morgan fingerprint density at radius 2 is 2.42 bits per heavy atom. The average molecular weight is 231 g/mol. The van der Waals surface area contributed by atoms with E-state index in [9.17, 15) is 4.79 Å². The van der Waals surface area contributed by atoms with Crippen molar-refractivity contribution in [2.45, 2.75) is 6.42 Å². The maximum Gasteiger partial charge on any atom is 0.309 e. The molecule has 0 amide bonds. The molecule has 0 aromatic carbocycles. The third-order valence-corrected chi connectivity index (χ3v) is 1.94. The van der Waals surface area contributed by atoms with Crippen LogP contribution in [0, 0.1) is 0 Å². The number of rotatable bonds is 2. The van der Waals surface area contributed by atoms with E-state index in [4.69, 9.17) is 10.8 Å². The normalized spacial score (nSPS) is 9.75. The molecule has 0 radical (unpaired) electrons. The summed E-state index contributed by atoms with van der Waals surface area (Å²) in [6.45, 7) is 0. The van der Waals surface area contributed by atoms with Crippen LogP contribution in [0.5, 0.6) is 0 Å². The molecule has 0 atom stereocenters. The molecule has 0 aliphatic carbocycles. The predicted molar refractivity (Wildman–Crippen MR) is 47.7 cm³/mol. The third-order valence-electron chi connectivity index (χ3n) is 1.27. The first-order chi connectivity index (χ1) is 5.59. The Bertz CT molecular complexity index is 314. The van der Waals surface area contributed by atoms with Gasteiger partial charge in [-0.2, -0.15) is 0 Å². The number of hydrogen-bond acceptors (Lipinski definition) is 3. The number of pyridine rings is 1. The number of halogens is 1. The molecular weight excluding hydrogens is 224 g/mol. The van der Waals surface area contributed by atoms with Crippen LogP contribution in [-0.4, -0.2) is 16.1 Å². The Morgan fingerprint density at radius 3 is 2.92 bits per heavy atom. The molecule has 0 saturated heterocycles. The van der Waals surface area contributed by atoms with Gasteiger partial charge in [-0.15, -0.1) is 0 Å². The Hall–Kier alpha value is -1.10. The van der Waals surface area contributed by atoms with Crippen molar-refractivity contribution in [2.24, 2.45) is 0 Å². The summed E-state index contributed by atoms with van der Waals surface area (Å²) in [4.78, 5) is 14.1. The van der Waals surface area contributed by atoms with Crippen molar-refractivity contribution >= 4 is 27.6 Å². The van der Waals surface area contributed by atoms with Crippen molar-refractivity contribution in [2.75, 3.05) is 5.73 Å². The highest BCUT2D eigenvalue weighted by Crippen LogP contribution is 2.18. The van der Waals surface area contributed by atoms with Gasteiger partial charge < -0.3 is 10.8 Å². The molecule has 1 aromatic heterocycles. The molecule has 4 nitrogen and oxygen atoms in total. The molecule has 1 aromatic rings. The molecule has 0 aliphatic heterocycles. The van der Waals surface area contributed by atoms with E-state index in [1.807, 2.05) is 0 Å². The maximum atomic E-state index is 10.3. The molecule has 1 heterocycles. The fourth-order valence-corrected chi connectivity index (χ4v) is 0.968. The first kappa shape index (κ1) is 8.99. The van der Waals surface area contributed by atoms with Crippen LogP contribution in [0.1, 0.15) is 5.69 Å². The van der Waals surface area contributed by atoms with Crippen LogP contribution >= 0.6 is 15.9 Å². The summed E-state index contributed by atoms with van der Waals surface area (Å²) in [5.41, 5.74) is 6.48. The van der Waals surface area contributed by atoms with Crippen molar-refractivity contribution in [3.05, 3.63) is 22.4 Å². The molecule has 0 aliphatic rings. The van der Waals surface area contributed by atoms with Gasteiger partial charge in [0.1, 0.15) is 0 Å². The maximum absolute atomic E-state index is 10.3. The second kappa shape index (κ2) is 3.53. The average Bonchev–Trinajstić information content (AvgIpc) is 1.96. The fraction of sp³-hybridized carbons (Fsp3) is 0.143. The minimum Gasteiger partial charge on any atom is -0.481 e. The van der Waals surface area contributed by atoms with Gasteiger partial charge in [0.15, 0.2) is 0 Å². The van der Waals surface area contributed by atoms with Crippen molar-refractivity contribution in [1.82, 2.24) is 4.98 Å². The largest absolute Gasteiger partial charge is 0.481 e. The van der Waals surface area contributed by atoms with E-state index in [-0.39, 0.29) is 6.42 Å². The first-order valence-electron chi connectivity index (χ1n) is 3.21. The van der Waals surface area contributed by atoms with Gasteiger partial charge in [-0.3, -0.25) is 9.78 Å². The number of carboxylic acids is 1. The second-order valence-corrected chi connectivity index (χ2v) is 3.12. The van der Waals surface area contributed by atoms with E-state index in [1.165, 1.54) is 12.3 Å². The molecule has 0 saturated carbocycles. The number of carboxylic acid groups (broad SMARTS) is 1. The van der Waals surface area contributed by atoms with Gasteiger partial charge in [0.25, 0.3) is 0 Å². The number of aromatic nitrogens is 1. The van der Waals surface area contributed by atoms with Crippen molar-refractivity contribution in [3.63, 3.8) is 0 Å². The lowest BCUT2D eigenvalue weighted by molar-refractivity contribution is -0.136. The van der Waals surface area contributed by atoms with E-state index < -0.39 is 5.97 Å². The SMILES string of the molecule is Nc1cc(CC(=O)O)ncc1Br. The minimum atomic E-state index is -0.913. The van der Waals surface area contributed by atoms with Gasteiger partial charge in [0.2, 0.25) is 0 Å². The molecule has 64 valence electrons. The summed E-state index contributed by atoms with van der Waals surface area (Å²) < 4.78 is 0.677. The molecule has 5 heteroatoms. The summed E-state index contributed by atoms with van der Waals surface area (Å²) >= 11 is 3.16. The fourth-order valence-electron chi connectivity index (χ4n) is 0.751. The number of hydrogen-bond donors (Lipinski definition) is 2. The first-order valence-corrected chi connectivity index (χ1v) is 4.00. The predicted octanol–water partition coefficient (Wildman–Crippen LogP) is 1.05. The molecule has 12 heavy (non-hydrogen) atoms. The van der Waals surface area contributed by atoms with Gasteiger partial charge in [0.05, 0.1) is 16.6 Å². The smallest absolute Gasteiger partial charge is 0.309 e. The number of carbonyl (C=O) groups is 1. The number of nitrogen functional groups attached to an aromatic ring is 1. The summed E-state index contributed by atoms with van der Waals surface area (Å²) in [5, 5.41) is 8.43. The lowest BCUT2D eigenvalue weighted by atomic mass is 10.2. The second-order valence-electron chi connectivity index (χ2n) is 2.27. The van der Waals surface area contributed by atoms with Gasteiger partial charge in [-0.1, -0.05) is 0 Å². The number of nitrogens with zero attached hydrogens (tertiary/aromatic N) is 1. The summed E-state index contributed by atoms with van der Waals surface area (Å²) in [6, 6.07) is 1.54. The lowest BCUT2D eigenvalue weighted by Crippen LogP contribution is -2.03. The number of nitrogens with two attached hydrogens (primary N) is 1. The van der Waals surface area contributed by atoms with Gasteiger partial charge >= 0.3 is 5.97 Å².